The monoisotopic (exact) mass is 445 g/mol. The molecule has 0 bridgehead atoms. The summed E-state index contributed by atoms with van der Waals surface area (Å²) in [6.45, 7) is 1.33. The lowest BCUT2D eigenvalue weighted by atomic mass is 9.95. The molecular formula is C26H27N3O4. The van der Waals surface area contributed by atoms with Crippen molar-refractivity contribution < 1.29 is 19.4 Å². The van der Waals surface area contributed by atoms with Gasteiger partial charge < -0.3 is 25.8 Å². The van der Waals surface area contributed by atoms with Crippen LogP contribution >= 0.6 is 0 Å². The molecule has 0 saturated carbocycles. The Labute approximate surface area is 192 Å². The number of hydrogen-bond acceptors (Lipinski definition) is 5. The minimum Gasteiger partial charge on any atom is -0.496 e. The number of amides is 2. The van der Waals surface area contributed by atoms with Gasteiger partial charge in [0.15, 0.2) is 0 Å². The predicted molar refractivity (Wildman–Crippen MR) is 129 cm³/mol. The van der Waals surface area contributed by atoms with E-state index in [2.05, 4.69) is 16.0 Å². The number of carbonyl (C=O) groups is 2. The molecule has 4 rings (SSSR count). The maximum Gasteiger partial charge on any atom is 0.255 e. The number of hydrogen-bond donors (Lipinski definition) is 4. The molecule has 0 fully saturated rings. The Bertz CT molecular complexity index is 1160. The molecule has 0 spiro atoms. The molecule has 4 N–H and O–H groups in total. The van der Waals surface area contributed by atoms with Gasteiger partial charge in [0.1, 0.15) is 5.75 Å². The van der Waals surface area contributed by atoms with Crippen molar-refractivity contribution >= 4 is 23.2 Å². The number of aliphatic hydroxyl groups excluding tert-OH is 1. The highest BCUT2D eigenvalue weighted by molar-refractivity contribution is 6.11. The smallest absolute Gasteiger partial charge is 0.255 e. The van der Waals surface area contributed by atoms with Gasteiger partial charge in [-0.3, -0.25) is 9.59 Å². The van der Waals surface area contributed by atoms with Crippen molar-refractivity contribution in [1.29, 1.82) is 0 Å². The van der Waals surface area contributed by atoms with E-state index in [-0.39, 0.29) is 18.4 Å². The van der Waals surface area contributed by atoms with Gasteiger partial charge in [0.25, 0.3) is 11.8 Å². The molecule has 33 heavy (non-hydrogen) atoms. The Morgan fingerprint density at radius 3 is 2.58 bits per heavy atom. The van der Waals surface area contributed by atoms with E-state index >= 15 is 0 Å². The molecule has 2 amide bonds. The zero-order valence-electron chi connectivity index (χ0n) is 18.5. The Hall–Kier alpha value is -3.84. The lowest BCUT2D eigenvalue weighted by molar-refractivity contribution is 0.0966. The minimum absolute atomic E-state index is 0.183. The summed E-state index contributed by atoms with van der Waals surface area (Å²) < 4.78 is 5.49. The summed E-state index contributed by atoms with van der Waals surface area (Å²) in [5.74, 6) is 0.231. The van der Waals surface area contributed by atoms with Crippen LogP contribution in [-0.4, -0.2) is 37.2 Å². The highest BCUT2D eigenvalue weighted by Gasteiger charge is 2.27. The number of anilines is 2. The number of para-hydroxylation sites is 1. The lowest BCUT2D eigenvalue weighted by Gasteiger charge is -2.15. The maximum atomic E-state index is 12.9. The first-order chi connectivity index (χ1) is 16.1. The molecule has 0 radical (unpaired) electrons. The minimum atomic E-state index is -0.284. The van der Waals surface area contributed by atoms with E-state index in [0.717, 1.165) is 47.5 Å². The third kappa shape index (κ3) is 4.83. The van der Waals surface area contributed by atoms with E-state index in [4.69, 9.17) is 9.84 Å². The largest absolute Gasteiger partial charge is 0.496 e. The van der Waals surface area contributed by atoms with Crippen LogP contribution < -0.4 is 20.7 Å². The van der Waals surface area contributed by atoms with Crippen LogP contribution in [-0.2, 0) is 6.54 Å². The molecule has 1 aliphatic heterocycles. The summed E-state index contributed by atoms with van der Waals surface area (Å²) in [7, 11) is 1.62. The second-order valence-corrected chi connectivity index (χ2v) is 7.79. The Balaban J connectivity index is 1.55. The fourth-order valence-corrected chi connectivity index (χ4v) is 3.97. The van der Waals surface area contributed by atoms with Gasteiger partial charge in [-0.05, 0) is 60.4 Å². The molecule has 3 aromatic rings. The van der Waals surface area contributed by atoms with Crippen molar-refractivity contribution in [1.82, 2.24) is 5.32 Å². The molecule has 1 aliphatic rings. The molecule has 0 saturated heterocycles. The molecule has 0 atom stereocenters. The number of benzene rings is 3. The molecule has 3 aromatic carbocycles. The normalized spacial score (nSPS) is 12.1. The van der Waals surface area contributed by atoms with Crippen LogP contribution in [0.5, 0.6) is 5.75 Å². The van der Waals surface area contributed by atoms with Gasteiger partial charge in [-0.1, -0.05) is 24.3 Å². The zero-order valence-corrected chi connectivity index (χ0v) is 18.5. The topological polar surface area (TPSA) is 99.7 Å². The summed E-state index contributed by atoms with van der Waals surface area (Å²) in [5, 5.41) is 17.9. The summed E-state index contributed by atoms with van der Waals surface area (Å²) in [4.78, 5) is 25.5. The SMILES string of the molecule is COc1ccccc1-c1ccc(NC(=O)c2ccc(NCCCCO)cc2)c2c1CNC2=O. The molecule has 7 heteroatoms. The van der Waals surface area contributed by atoms with Gasteiger partial charge >= 0.3 is 0 Å². The van der Waals surface area contributed by atoms with Crippen molar-refractivity contribution in [3.8, 4) is 16.9 Å². The quantitative estimate of drug-likeness (QED) is 0.373. The van der Waals surface area contributed by atoms with Gasteiger partial charge in [0.2, 0.25) is 0 Å². The molecule has 7 nitrogen and oxygen atoms in total. The third-order valence-electron chi connectivity index (χ3n) is 5.67. The van der Waals surface area contributed by atoms with E-state index in [1.54, 1.807) is 25.3 Å². The van der Waals surface area contributed by atoms with E-state index in [1.807, 2.05) is 42.5 Å². The molecule has 0 aromatic heterocycles. The van der Waals surface area contributed by atoms with Gasteiger partial charge in [-0.2, -0.15) is 0 Å². The number of aliphatic hydroxyl groups is 1. The highest BCUT2D eigenvalue weighted by Crippen LogP contribution is 2.38. The fraction of sp³-hybridized carbons (Fsp3) is 0.231. The Morgan fingerprint density at radius 2 is 1.82 bits per heavy atom. The van der Waals surface area contributed by atoms with Crippen molar-refractivity contribution in [3.63, 3.8) is 0 Å². The first-order valence-corrected chi connectivity index (χ1v) is 11.0. The molecule has 170 valence electrons. The fourth-order valence-electron chi connectivity index (χ4n) is 3.97. The van der Waals surface area contributed by atoms with Gasteiger partial charge in [-0.15, -0.1) is 0 Å². The molecular weight excluding hydrogens is 418 g/mol. The van der Waals surface area contributed by atoms with Crippen molar-refractivity contribution in [2.75, 3.05) is 30.9 Å². The summed E-state index contributed by atoms with van der Waals surface area (Å²) in [5.41, 5.74) is 5.00. The number of carbonyl (C=O) groups excluding carboxylic acids is 2. The second-order valence-electron chi connectivity index (χ2n) is 7.79. The van der Waals surface area contributed by atoms with Crippen LogP contribution in [0.4, 0.5) is 11.4 Å². The van der Waals surface area contributed by atoms with Crippen LogP contribution in [0.1, 0.15) is 39.1 Å². The molecule has 0 aliphatic carbocycles. The maximum absolute atomic E-state index is 12.9. The van der Waals surface area contributed by atoms with Crippen LogP contribution in [0.3, 0.4) is 0 Å². The van der Waals surface area contributed by atoms with Crippen LogP contribution in [0.25, 0.3) is 11.1 Å². The Morgan fingerprint density at radius 1 is 1.03 bits per heavy atom. The van der Waals surface area contributed by atoms with E-state index in [9.17, 15) is 9.59 Å². The Kier molecular flexibility index (Phi) is 6.90. The highest BCUT2D eigenvalue weighted by atomic mass is 16.5. The van der Waals surface area contributed by atoms with E-state index < -0.39 is 0 Å². The second kappa shape index (κ2) is 10.2. The number of methoxy groups -OCH3 is 1. The van der Waals surface area contributed by atoms with E-state index in [1.165, 1.54) is 0 Å². The lowest BCUT2D eigenvalue weighted by Crippen LogP contribution is -2.17. The zero-order chi connectivity index (χ0) is 23.2. The van der Waals surface area contributed by atoms with Gasteiger partial charge in [-0.25, -0.2) is 0 Å². The van der Waals surface area contributed by atoms with Crippen molar-refractivity contribution in [3.05, 3.63) is 77.4 Å². The van der Waals surface area contributed by atoms with Gasteiger partial charge in [0.05, 0.1) is 18.4 Å². The van der Waals surface area contributed by atoms with Crippen LogP contribution in [0.2, 0.25) is 0 Å². The van der Waals surface area contributed by atoms with Crippen LogP contribution in [0, 0.1) is 0 Å². The number of ether oxygens (including phenoxy) is 1. The van der Waals surface area contributed by atoms with Gasteiger partial charge in [0, 0.05) is 36.5 Å². The third-order valence-corrected chi connectivity index (χ3v) is 5.67. The van der Waals surface area contributed by atoms with E-state index in [0.29, 0.717) is 23.4 Å². The summed E-state index contributed by atoms with van der Waals surface area (Å²) >= 11 is 0. The number of fused-ring (bicyclic) bond motifs is 1. The number of unbranched alkanes of at least 4 members (excludes halogenated alkanes) is 1. The number of rotatable bonds is 9. The predicted octanol–water partition coefficient (Wildman–Crippen LogP) is 4.04. The van der Waals surface area contributed by atoms with Crippen molar-refractivity contribution in [2.45, 2.75) is 19.4 Å². The summed E-state index contributed by atoms with van der Waals surface area (Å²) in [6, 6.07) is 18.5. The van der Waals surface area contributed by atoms with Crippen LogP contribution in [0.15, 0.2) is 60.7 Å². The molecule has 0 unspecified atom stereocenters. The summed E-state index contributed by atoms with van der Waals surface area (Å²) in [6.07, 6.45) is 1.62. The average Bonchev–Trinajstić information content (AvgIpc) is 3.24. The first kappa shape index (κ1) is 22.4. The van der Waals surface area contributed by atoms with Crippen molar-refractivity contribution in [2.24, 2.45) is 0 Å². The first-order valence-electron chi connectivity index (χ1n) is 11.0. The number of nitrogens with one attached hydrogen (secondary N) is 3. The molecule has 1 heterocycles. The average molecular weight is 446 g/mol. The standard InChI is InChI=1S/C26H27N3O4/c1-33-23-7-3-2-6-20(23)19-12-13-22(24-21(19)16-28-26(24)32)29-25(31)17-8-10-18(11-9-17)27-14-4-5-15-30/h2-3,6-13,27,30H,4-5,14-16H2,1H3,(H,28,32)(H,29,31).